The van der Waals surface area contributed by atoms with E-state index in [-0.39, 0.29) is 32.3 Å². The maximum atomic E-state index is 12.9. The van der Waals surface area contributed by atoms with Gasteiger partial charge in [0.15, 0.2) is 5.82 Å². The van der Waals surface area contributed by atoms with Crippen molar-refractivity contribution in [2.45, 2.75) is 58.8 Å². The number of benzene rings is 1. The summed E-state index contributed by atoms with van der Waals surface area (Å²) in [4.78, 5) is 43.6. The fourth-order valence-corrected chi connectivity index (χ4v) is 3.34. The molecule has 186 valence electrons. The molecule has 0 spiro atoms. The Labute approximate surface area is 200 Å². The van der Waals surface area contributed by atoms with Gasteiger partial charge in [0.1, 0.15) is 12.6 Å². The van der Waals surface area contributed by atoms with Crippen molar-refractivity contribution in [1.82, 2.24) is 19.8 Å². The predicted molar refractivity (Wildman–Crippen MR) is 130 cm³/mol. The zero-order valence-electron chi connectivity index (χ0n) is 19.1. The van der Waals surface area contributed by atoms with E-state index in [4.69, 9.17) is 10.5 Å². The van der Waals surface area contributed by atoms with Crippen LogP contribution in [0.15, 0.2) is 42.9 Å². The third-order valence-electron chi connectivity index (χ3n) is 5.26. The molecule has 1 atom stereocenters. The maximum Gasteiger partial charge on any atom is 0.250 e. The SMILES string of the molecule is C.CC(C)(N)C(=O)N[C@H](COCc1ccccc1)C(=O)Nc1cn(CC(=O)N2CCCC2)cn1. The van der Waals surface area contributed by atoms with Gasteiger partial charge in [0.05, 0.1) is 25.1 Å². The molecule has 1 fully saturated rings. The van der Waals surface area contributed by atoms with Crippen LogP contribution < -0.4 is 16.4 Å². The molecule has 2 heterocycles. The third-order valence-corrected chi connectivity index (χ3v) is 5.26. The molecule has 1 saturated heterocycles. The molecule has 3 amide bonds. The van der Waals surface area contributed by atoms with Gasteiger partial charge in [-0.05, 0) is 32.3 Å². The summed E-state index contributed by atoms with van der Waals surface area (Å²) >= 11 is 0. The van der Waals surface area contributed by atoms with Gasteiger partial charge in [-0.2, -0.15) is 0 Å². The molecule has 1 aliphatic heterocycles. The average Bonchev–Trinajstić information content (AvgIpc) is 3.45. The lowest BCUT2D eigenvalue weighted by molar-refractivity contribution is -0.131. The summed E-state index contributed by atoms with van der Waals surface area (Å²) in [6.45, 7) is 5.07. The Balaban J connectivity index is 0.00000408. The zero-order valence-corrected chi connectivity index (χ0v) is 19.1. The van der Waals surface area contributed by atoms with Crippen LogP contribution >= 0.6 is 0 Å². The fraction of sp³-hybridized carbons (Fsp3) is 0.500. The first-order valence-electron chi connectivity index (χ1n) is 11.0. The molecule has 34 heavy (non-hydrogen) atoms. The molecule has 4 N–H and O–H groups in total. The Kier molecular flexibility index (Phi) is 9.76. The number of ether oxygens (including phenoxy) is 1. The number of likely N-dealkylation sites (tertiary alicyclic amines) is 1. The molecule has 10 nitrogen and oxygen atoms in total. The standard InChI is InChI=1S/C23H32N6O4.CH4/c1-23(2,24)22(32)26-18(15-33-14-17-8-4-3-5-9-17)21(31)27-19-12-28(16-25-19)13-20(30)29-10-6-7-11-29;/h3-5,8-9,12,16,18H,6-7,10-11,13-15,24H2,1-2H3,(H,26,32)(H,27,31);1H4/t18-;/m1./s1. The topological polar surface area (TPSA) is 132 Å². The van der Waals surface area contributed by atoms with Crippen molar-refractivity contribution in [2.24, 2.45) is 5.73 Å². The lowest BCUT2D eigenvalue weighted by atomic mass is 10.1. The Hall–Kier alpha value is -3.24. The molecule has 0 radical (unpaired) electrons. The smallest absolute Gasteiger partial charge is 0.250 e. The van der Waals surface area contributed by atoms with Gasteiger partial charge in [0, 0.05) is 19.3 Å². The summed E-state index contributed by atoms with van der Waals surface area (Å²) in [5.41, 5.74) is 5.66. The quantitative estimate of drug-likeness (QED) is 0.480. The molecule has 1 aliphatic rings. The summed E-state index contributed by atoms with van der Waals surface area (Å²) < 4.78 is 7.30. The summed E-state index contributed by atoms with van der Waals surface area (Å²) in [6.07, 6.45) is 5.13. The van der Waals surface area contributed by atoms with Crippen LogP contribution in [0.3, 0.4) is 0 Å². The number of aromatic nitrogens is 2. The minimum Gasteiger partial charge on any atom is -0.374 e. The highest BCUT2D eigenvalue weighted by Crippen LogP contribution is 2.10. The van der Waals surface area contributed by atoms with Crippen LogP contribution in [0, 0.1) is 0 Å². The van der Waals surface area contributed by atoms with E-state index in [1.807, 2.05) is 35.2 Å². The number of carbonyl (C=O) groups is 3. The number of carbonyl (C=O) groups excluding carboxylic acids is 3. The Bertz CT molecular complexity index is 948. The second-order valence-electron chi connectivity index (χ2n) is 8.76. The Morgan fingerprint density at radius 1 is 1.18 bits per heavy atom. The Morgan fingerprint density at radius 2 is 1.85 bits per heavy atom. The van der Waals surface area contributed by atoms with Crippen molar-refractivity contribution in [3.8, 4) is 0 Å². The van der Waals surface area contributed by atoms with Gasteiger partial charge < -0.3 is 30.6 Å². The molecule has 0 aliphatic carbocycles. The predicted octanol–water partition coefficient (Wildman–Crippen LogP) is 1.52. The van der Waals surface area contributed by atoms with Crippen LogP contribution in [0.5, 0.6) is 0 Å². The fourth-order valence-electron chi connectivity index (χ4n) is 3.34. The number of imidazole rings is 1. The average molecular weight is 473 g/mol. The lowest BCUT2D eigenvalue weighted by Gasteiger charge is -2.23. The second-order valence-corrected chi connectivity index (χ2v) is 8.76. The number of amides is 3. The molecule has 0 bridgehead atoms. The van der Waals surface area contributed by atoms with Crippen LogP contribution in [0.1, 0.15) is 39.7 Å². The van der Waals surface area contributed by atoms with Crippen molar-refractivity contribution in [3.63, 3.8) is 0 Å². The van der Waals surface area contributed by atoms with Crippen molar-refractivity contribution in [2.75, 3.05) is 25.0 Å². The summed E-state index contributed by atoms with van der Waals surface area (Å²) in [6, 6.07) is 8.54. The maximum absolute atomic E-state index is 12.9. The van der Waals surface area contributed by atoms with E-state index >= 15 is 0 Å². The van der Waals surface area contributed by atoms with E-state index in [9.17, 15) is 14.4 Å². The van der Waals surface area contributed by atoms with Gasteiger partial charge in [-0.3, -0.25) is 14.4 Å². The molecule has 0 unspecified atom stereocenters. The van der Waals surface area contributed by atoms with Gasteiger partial charge in [-0.25, -0.2) is 4.98 Å². The number of nitrogens with two attached hydrogens (primary N) is 1. The summed E-state index contributed by atoms with van der Waals surface area (Å²) in [5.74, 6) is -0.666. The number of nitrogens with one attached hydrogen (secondary N) is 2. The van der Waals surface area contributed by atoms with Gasteiger partial charge in [-0.15, -0.1) is 0 Å². The highest BCUT2D eigenvalue weighted by molar-refractivity contribution is 5.98. The first kappa shape index (κ1) is 27.0. The van der Waals surface area contributed by atoms with Crippen LogP contribution in [0.4, 0.5) is 5.82 Å². The molecule has 0 saturated carbocycles. The van der Waals surface area contributed by atoms with Crippen molar-refractivity contribution in [1.29, 1.82) is 0 Å². The number of anilines is 1. The van der Waals surface area contributed by atoms with Gasteiger partial charge in [0.2, 0.25) is 11.8 Å². The Morgan fingerprint density at radius 3 is 2.50 bits per heavy atom. The molecule has 1 aromatic carbocycles. The zero-order chi connectivity index (χ0) is 23.8. The second kappa shape index (κ2) is 12.3. The van der Waals surface area contributed by atoms with E-state index in [2.05, 4.69) is 15.6 Å². The van der Waals surface area contributed by atoms with Crippen LogP contribution in [-0.2, 0) is 32.3 Å². The molecular formula is C24H36N6O4. The number of hydrogen-bond acceptors (Lipinski definition) is 6. The first-order chi connectivity index (χ1) is 15.7. The van der Waals surface area contributed by atoms with E-state index in [1.165, 1.54) is 6.33 Å². The first-order valence-corrected chi connectivity index (χ1v) is 11.0. The number of rotatable bonds is 10. The minimum absolute atomic E-state index is 0. The monoisotopic (exact) mass is 472 g/mol. The van der Waals surface area contributed by atoms with E-state index in [0.717, 1.165) is 31.5 Å². The van der Waals surface area contributed by atoms with Crippen LogP contribution in [-0.4, -0.2) is 63.4 Å². The van der Waals surface area contributed by atoms with E-state index in [0.29, 0.717) is 6.61 Å². The lowest BCUT2D eigenvalue weighted by Crippen LogP contribution is -2.56. The number of nitrogens with zero attached hydrogens (tertiary/aromatic N) is 3. The molecule has 10 heteroatoms. The summed E-state index contributed by atoms with van der Waals surface area (Å²) in [7, 11) is 0. The minimum atomic E-state index is -1.16. The molecule has 1 aromatic heterocycles. The van der Waals surface area contributed by atoms with Crippen LogP contribution in [0.2, 0.25) is 0 Å². The number of hydrogen-bond donors (Lipinski definition) is 3. The molecule has 2 aromatic rings. The van der Waals surface area contributed by atoms with Crippen molar-refractivity contribution in [3.05, 3.63) is 48.4 Å². The molecule has 3 rings (SSSR count). The third kappa shape index (κ3) is 7.96. The van der Waals surface area contributed by atoms with Crippen molar-refractivity contribution >= 4 is 23.5 Å². The van der Waals surface area contributed by atoms with Crippen molar-refractivity contribution < 1.29 is 19.1 Å². The molecular weight excluding hydrogens is 436 g/mol. The van der Waals surface area contributed by atoms with Gasteiger partial charge in [0.25, 0.3) is 5.91 Å². The summed E-state index contributed by atoms with van der Waals surface area (Å²) in [5, 5.41) is 5.32. The van der Waals surface area contributed by atoms with E-state index < -0.39 is 23.4 Å². The highest BCUT2D eigenvalue weighted by atomic mass is 16.5. The highest BCUT2D eigenvalue weighted by Gasteiger charge is 2.28. The normalized spacial score (nSPS) is 14.3. The van der Waals surface area contributed by atoms with Crippen LogP contribution in [0.25, 0.3) is 0 Å². The van der Waals surface area contributed by atoms with Gasteiger partial charge in [-0.1, -0.05) is 37.8 Å². The van der Waals surface area contributed by atoms with E-state index in [1.54, 1.807) is 24.6 Å². The van der Waals surface area contributed by atoms with Gasteiger partial charge >= 0.3 is 0 Å². The largest absolute Gasteiger partial charge is 0.374 e.